The van der Waals surface area contributed by atoms with E-state index < -0.39 is 5.60 Å². The fraction of sp³-hybridized carbons (Fsp3) is 0.840. The zero-order valence-corrected chi connectivity index (χ0v) is 18.2. The molecule has 1 aromatic rings. The summed E-state index contributed by atoms with van der Waals surface area (Å²) < 4.78 is 1.77. The van der Waals surface area contributed by atoms with Crippen molar-refractivity contribution in [3.63, 3.8) is 0 Å². The van der Waals surface area contributed by atoms with Crippen LogP contribution in [-0.2, 0) is 6.54 Å². The molecular weight excluding hydrogens is 358 g/mol. The molecule has 1 N–H and O–H groups in total. The van der Waals surface area contributed by atoms with Crippen molar-refractivity contribution >= 4 is 0 Å². The Bertz CT molecular complexity index is 792. The molecule has 0 saturated heterocycles. The number of aliphatic hydroxyl groups is 1. The molecule has 4 aliphatic rings. The quantitative estimate of drug-likeness (QED) is 0.768. The average molecular weight is 396 g/mol. The molecule has 8 atom stereocenters. The van der Waals surface area contributed by atoms with Gasteiger partial charge in [-0.25, -0.2) is 0 Å². The number of hydrogen-bond donors (Lipinski definition) is 1. The molecule has 0 aromatic carbocycles. The van der Waals surface area contributed by atoms with Crippen LogP contribution in [0.3, 0.4) is 0 Å². The van der Waals surface area contributed by atoms with E-state index in [0.29, 0.717) is 29.4 Å². The molecular formula is C25H37N3O. The molecule has 4 nitrogen and oxygen atoms in total. The van der Waals surface area contributed by atoms with Crippen molar-refractivity contribution in [1.29, 1.82) is 5.26 Å². The molecule has 0 aliphatic heterocycles. The van der Waals surface area contributed by atoms with Gasteiger partial charge in [-0.1, -0.05) is 19.8 Å². The van der Waals surface area contributed by atoms with Gasteiger partial charge in [0, 0.05) is 6.20 Å². The number of aromatic nitrogens is 2. The maximum Gasteiger partial charge on any atom is 0.102 e. The summed E-state index contributed by atoms with van der Waals surface area (Å²) in [7, 11) is 0. The third-order valence-electron chi connectivity index (χ3n) is 9.94. The third-order valence-corrected chi connectivity index (χ3v) is 9.94. The highest BCUT2D eigenvalue weighted by Crippen LogP contribution is 2.64. The van der Waals surface area contributed by atoms with Crippen molar-refractivity contribution in [2.24, 2.45) is 40.9 Å². The molecule has 4 aliphatic carbocycles. The van der Waals surface area contributed by atoms with Crippen LogP contribution in [0.1, 0.15) is 83.6 Å². The van der Waals surface area contributed by atoms with Crippen molar-refractivity contribution in [3.05, 3.63) is 18.0 Å². The minimum Gasteiger partial charge on any atom is -0.388 e. The zero-order valence-electron chi connectivity index (χ0n) is 18.2. The summed E-state index contributed by atoms with van der Waals surface area (Å²) in [4.78, 5) is 0. The smallest absolute Gasteiger partial charge is 0.102 e. The van der Waals surface area contributed by atoms with Gasteiger partial charge < -0.3 is 5.11 Å². The first-order valence-electron chi connectivity index (χ1n) is 12.1. The van der Waals surface area contributed by atoms with Crippen molar-refractivity contribution in [2.75, 3.05) is 0 Å². The van der Waals surface area contributed by atoms with E-state index in [1.807, 2.05) is 6.92 Å². The van der Waals surface area contributed by atoms with Gasteiger partial charge >= 0.3 is 0 Å². The van der Waals surface area contributed by atoms with E-state index in [0.717, 1.165) is 30.1 Å². The lowest BCUT2D eigenvalue weighted by Gasteiger charge is -2.58. The Balaban J connectivity index is 1.33. The molecule has 4 saturated carbocycles. The van der Waals surface area contributed by atoms with E-state index in [9.17, 15) is 5.11 Å². The maximum atomic E-state index is 11.5. The topological polar surface area (TPSA) is 61.8 Å². The van der Waals surface area contributed by atoms with Crippen LogP contribution < -0.4 is 0 Å². The Labute approximate surface area is 175 Å². The van der Waals surface area contributed by atoms with Crippen molar-refractivity contribution < 1.29 is 5.11 Å². The SMILES string of the molecule is CC12CCCCC1CCC1C3CC[C@H]([C@@](C)(O)Cn4cc(C#N)cn4)C3CCC12. The van der Waals surface area contributed by atoms with Gasteiger partial charge in [0.25, 0.3) is 0 Å². The molecule has 0 radical (unpaired) electrons. The fourth-order valence-electron chi connectivity index (χ4n) is 8.68. The maximum absolute atomic E-state index is 11.5. The number of nitrogens with zero attached hydrogens (tertiary/aromatic N) is 3. The number of rotatable bonds is 3. The summed E-state index contributed by atoms with van der Waals surface area (Å²) in [5, 5.41) is 24.8. The molecule has 0 spiro atoms. The molecule has 1 aromatic heterocycles. The fourth-order valence-corrected chi connectivity index (χ4v) is 8.68. The number of hydrogen-bond acceptors (Lipinski definition) is 3. The molecule has 6 unspecified atom stereocenters. The van der Waals surface area contributed by atoms with Crippen LogP contribution in [-0.4, -0.2) is 20.5 Å². The second-order valence-electron chi connectivity index (χ2n) is 11.3. The Kier molecular flexibility index (Phi) is 4.81. The number of nitriles is 1. The lowest BCUT2D eigenvalue weighted by molar-refractivity contribution is -0.103. The van der Waals surface area contributed by atoms with Gasteiger partial charge in [0.2, 0.25) is 0 Å². The second kappa shape index (κ2) is 7.12. The monoisotopic (exact) mass is 395 g/mol. The lowest BCUT2D eigenvalue weighted by Crippen LogP contribution is -2.51. The minimum absolute atomic E-state index is 0.361. The molecule has 158 valence electrons. The van der Waals surface area contributed by atoms with Gasteiger partial charge in [0.15, 0.2) is 0 Å². The van der Waals surface area contributed by atoms with E-state index in [1.165, 1.54) is 57.8 Å². The Hall–Kier alpha value is -1.34. The molecule has 1 heterocycles. The summed E-state index contributed by atoms with van der Waals surface area (Å²) in [6.07, 6.45) is 17.2. The van der Waals surface area contributed by atoms with E-state index in [-0.39, 0.29) is 0 Å². The predicted molar refractivity (Wildman–Crippen MR) is 113 cm³/mol. The van der Waals surface area contributed by atoms with Gasteiger partial charge in [-0.05, 0) is 99.2 Å². The van der Waals surface area contributed by atoms with E-state index in [4.69, 9.17) is 5.26 Å². The average Bonchev–Trinajstić information content (AvgIpc) is 3.34. The summed E-state index contributed by atoms with van der Waals surface area (Å²) in [5.74, 6) is 4.64. The standard InChI is InChI=1S/C25H37N3O/c1-24-12-4-3-5-18(24)6-7-20-19-8-11-23(21(19)9-10-22(20)24)25(2,29)16-28-15-17(13-26)14-27-28/h14-15,18-23,29H,3-12,16H2,1-2H3/t18?,19?,20?,21?,22?,23-,24?,25-/m0/s1. The van der Waals surface area contributed by atoms with Crippen molar-refractivity contribution in [3.8, 4) is 6.07 Å². The minimum atomic E-state index is -0.753. The molecule has 29 heavy (non-hydrogen) atoms. The molecule has 5 rings (SSSR count). The van der Waals surface area contributed by atoms with E-state index in [2.05, 4.69) is 18.1 Å². The Morgan fingerprint density at radius 2 is 1.93 bits per heavy atom. The molecule has 4 fully saturated rings. The molecule has 0 amide bonds. The lowest BCUT2D eigenvalue weighted by atomic mass is 9.47. The summed E-state index contributed by atoms with van der Waals surface area (Å²) in [6.45, 7) is 5.15. The molecule has 0 bridgehead atoms. The van der Waals surface area contributed by atoms with Gasteiger partial charge in [0.05, 0.1) is 23.9 Å². The van der Waals surface area contributed by atoms with Crippen LogP contribution in [0.5, 0.6) is 0 Å². The van der Waals surface area contributed by atoms with Gasteiger partial charge in [-0.3, -0.25) is 4.68 Å². The van der Waals surface area contributed by atoms with Crippen LogP contribution in [0.2, 0.25) is 0 Å². The third kappa shape index (κ3) is 3.16. The van der Waals surface area contributed by atoms with Crippen LogP contribution in [0.4, 0.5) is 0 Å². The van der Waals surface area contributed by atoms with Crippen LogP contribution in [0, 0.1) is 52.3 Å². The van der Waals surface area contributed by atoms with Crippen molar-refractivity contribution in [2.45, 2.75) is 90.2 Å². The Morgan fingerprint density at radius 1 is 1.14 bits per heavy atom. The van der Waals surface area contributed by atoms with Crippen LogP contribution in [0.25, 0.3) is 0 Å². The Morgan fingerprint density at radius 3 is 2.72 bits per heavy atom. The van der Waals surface area contributed by atoms with E-state index >= 15 is 0 Å². The highest BCUT2D eigenvalue weighted by atomic mass is 16.3. The summed E-state index contributed by atoms with van der Waals surface area (Å²) in [5.41, 5.74) is 0.412. The normalized spacial score (nSPS) is 43.5. The van der Waals surface area contributed by atoms with Gasteiger partial charge in [-0.15, -0.1) is 0 Å². The first kappa shape index (κ1) is 19.6. The number of fused-ring (bicyclic) bond motifs is 5. The molecule has 4 heteroatoms. The van der Waals surface area contributed by atoms with Gasteiger partial charge in [0.1, 0.15) is 6.07 Å². The highest BCUT2D eigenvalue weighted by molar-refractivity contribution is 5.21. The first-order chi connectivity index (χ1) is 13.9. The van der Waals surface area contributed by atoms with Crippen LogP contribution >= 0.6 is 0 Å². The first-order valence-corrected chi connectivity index (χ1v) is 12.1. The largest absolute Gasteiger partial charge is 0.388 e. The van der Waals surface area contributed by atoms with Crippen molar-refractivity contribution in [1.82, 2.24) is 9.78 Å². The summed E-state index contributed by atoms with van der Waals surface area (Å²) in [6, 6.07) is 2.14. The van der Waals surface area contributed by atoms with Gasteiger partial charge in [-0.2, -0.15) is 10.4 Å². The highest BCUT2D eigenvalue weighted by Gasteiger charge is 2.57. The van der Waals surface area contributed by atoms with E-state index in [1.54, 1.807) is 17.1 Å². The second-order valence-corrected chi connectivity index (χ2v) is 11.3. The predicted octanol–water partition coefficient (Wildman–Crippen LogP) is 5.16. The zero-order chi connectivity index (χ0) is 20.2. The van der Waals surface area contributed by atoms with Crippen LogP contribution in [0.15, 0.2) is 12.4 Å². The summed E-state index contributed by atoms with van der Waals surface area (Å²) >= 11 is 0.